The van der Waals surface area contributed by atoms with Gasteiger partial charge in [0.1, 0.15) is 5.75 Å². The first-order valence-electron chi connectivity index (χ1n) is 7.65. The quantitative estimate of drug-likeness (QED) is 0.742. The van der Waals surface area contributed by atoms with Crippen LogP contribution in [0.4, 0.5) is 5.69 Å². The smallest absolute Gasteiger partial charge is 0.243 e. The summed E-state index contributed by atoms with van der Waals surface area (Å²) >= 11 is 0. The molecule has 1 heterocycles. The number of carbonyl (C=O) groups is 3. The lowest BCUT2D eigenvalue weighted by Gasteiger charge is -2.17. The van der Waals surface area contributed by atoms with Crippen LogP contribution in [0, 0.1) is 5.92 Å². The summed E-state index contributed by atoms with van der Waals surface area (Å²) in [5.41, 5.74) is 0.717. The van der Waals surface area contributed by atoms with Crippen LogP contribution in [0.5, 0.6) is 5.75 Å². The van der Waals surface area contributed by atoms with Gasteiger partial charge in [0.25, 0.3) is 0 Å². The Morgan fingerprint density at radius 2 is 2.21 bits per heavy atom. The SMILES string of the molecule is CNC(=O)/C=C/CNC(=O)C1CC(=O)N(c2cccc(OC)c2)C1. The summed E-state index contributed by atoms with van der Waals surface area (Å²) in [6.07, 6.45) is 3.08. The molecule has 128 valence electrons. The molecule has 3 amide bonds. The highest BCUT2D eigenvalue weighted by Gasteiger charge is 2.34. The zero-order valence-corrected chi connectivity index (χ0v) is 13.7. The van der Waals surface area contributed by atoms with Crippen molar-refractivity contribution in [2.45, 2.75) is 6.42 Å². The number of ether oxygens (including phenoxy) is 1. The molecule has 0 aliphatic carbocycles. The number of likely N-dealkylation sites (N-methyl/N-ethyl adjacent to an activating group) is 1. The van der Waals surface area contributed by atoms with Crippen molar-refractivity contribution in [3.05, 3.63) is 36.4 Å². The Balaban J connectivity index is 1.92. The van der Waals surface area contributed by atoms with Gasteiger partial charge < -0.3 is 20.3 Å². The highest BCUT2D eigenvalue weighted by atomic mass is 16.5. The minimum atomic E-state index is -0.405. The first-order chi connectivity index (χ1) is 11.5. The number of carbonyl (C=O) groups excluding carboxylic acids is 3. The van der Waals surface area contributed by atoms with Crippen LogP contribution in [0.3, 0.4) is 0 Å². The van der Waals surface area contributed by atoms with Crippen LogP contribution in [-0.2, 0) is 14.4 Å². The van der Waals surface area contributed by atoms with E-state index in [1.165, 1.54) is 13.1 Å². The lowest BCUT2D eigenvalue weighted by molar-refractivity contribution is -0.126. The average Bonchev–Trinajstić information content (AvgIpc) is 3.00. The summed E-state index contributed by atoms with van der Waals surface area (Å²) in [6.45, 7) is 0.576. The van der Waals surface area contributed by atoms with E-state index in [9.17, 15) is 14.4 Å². The fourth-order valence-electron chi connectivity index (χ4n) is 2.46. The Hall–Kier alpha value is -2.83. The van der Waals surface area contributed by atoms with Crippen LogP contribution in [0.1, 0.15) is 6.42 Å². The number of anilines is 1. The maximum atomic E-state index is 12.2. The van der Waals surface area contributed by atoms with E-state index in [1.807, 2.05) is 6.07 Å². The van der Waals surface area contributed by atoms with Crippen LogP contribution in [0.2, 0.25) is 0 Å². The summed E-state index contributed by atoms with van der Waals surface area (Å²) < 4.78 is 5.16. The topological polar surface area (TPSA) is 87.7 Å². The monoisotopic (exact) mass is 331 g/mol. The van der Waals surface area contributed by atoms with Crippen molar-refractivity contribution in [1.82, 2.24) is 10.6 Å². The van der Waals surface area contributed by atoms with E-state index in [1.54, 1.807) is 36.3 Å². The van der Waals surface area contributed by atoms with Crippen molar-refractivity contribution in [2.24, 2.45) is 5.92 Å². The molecule has 2 rings (SSSR count). The Bertz CT molecular complexity index is 657. The number of nitrogens with one attached hydrogen (secondary N) is 2. The Labute approximate surface area is 140 Å². The predicted molar refractivity (Wildman–Crippen MR) is 89.7 cm³/mol. The van der Waals surface area contributed by atoms with E-state index >= 15 is 0 Å². The maximum absolute atomic E-state index is 12.2. The zero-order valence-electron chi connectivity index (χ0n) is 13.7. The van der Waals surface area contributed by atoms with Crippen molar-refractivity contribution in [2.75, 3.05) is 32.1 Å². The maximum Gasteiger partial charge on any atom is 0.243 e. The molecule has 1 saturated heterocycles. The fraction of sp³-hybridized carbons (Fsp3) is 0.353. The zero-order chi connectivity index (χ0) is 17.5. The molecule has 7 heteroatoms. The number of benzene rings is 1. The normalized spacial score (nSPS) is 17.2. The van der Waals surface area contributed by atoms with Crippen molar-refractivity contribution >= 4 is 23.4 Å². The van der Waals surface area contributed by atoms with Crippen molar-refractivity contribution < 1.29 is 19.1 Å². The molecule has 1 unspecified atom stereocenters. The first kappa shape index (κ1) is 17.5. The van der Waals surface area contributed by atoms with Gasteiger partial charge in [-0.05, 0) is 12.1 Å². The largest absolute Gasteiger partial charge is 0.497 e. The number of hydrogen-bond donors (Lipinski definition) is 2. The van der Waals surface area contributed by atoms with Crippen molar-refractivity contribution in [1.29, 1.82) is 0 Å². The van der Waals surface area contributed by atoms with Gasteiger partial charge in [-0.15, -0.1) is 0 Å². The lowest BCUT2D eigenvalue weighted by Crippen LogP contribution is -2.33. The molecular weight excluding hydrogens is 310 g/mol. The number of rotatable bonds is 6. The standard InChI is InChI=1S/C17H21N3O4/c1-18-15(21)7-4-8-19-17(23)12-9-16(22)20(11-12)13-5-3-6-14(10-13)24-2/h3-7,10,12H,8-9,11H2,1-2H3,(H,18,21)(H,19,23)/b7-4+. The van der Waals surface area contributed by atoms with Gasteiger partial charge in [0, 0.05) is 44.4 Å². The summed E-state index contributed by atoms with van der Waals surface area (Å²) in [6, 6.07) is 7.18. The van der Waals surface area contributed by atoms with Crippen LogP contribution in [0.15, 0.2) is 36.4 Å². The van der Waals surface area contributed by atoms with Crippen LogP contribution >= 0.6 is 0 Å². The molecule has 0 saturated carbocycles. The molecule has 0 bridgehead atoms. The average molecular weight is 331 g/mol. The van der Waals surface area contributed by atoms with E-state index in [0.717, 1.165) is 0 Å². The molecule has 24 heavy (non-hydrogen) atoms. The molecule has 1 atom stereocenters. The number of amides is 3. The van der Waals surface area contributed by atoms with E-state index < -0.39 is 5.92 Å². The van der Waals surface area contributed by atoms with Crippen LogP contribution < -0.4 is 20.3 Å². The summed E-state index contributed by atoms with van der Waals surface area (Å²) in [4.78, 5) is 37.0. The molecule has 1 fully saturated rings. The third-order valence-corrected chi connectivity index (χ3v) is 3.77. The minimum Gasteiger partial charge on any atom is -0.497 e. The van der Waals surface area contributed by atoms with Gasteiger partial charge in [-0.1, -0.05) is 12.1 Å². The third-order valence-electron chi connectivity index (χ3n) is 3.77. The second kappa shape index (κ2) is 8.14. The molecule has 1 aromatic carbocycles. The molecule has 0 radical (unpaired) electrons. The molecule has 1 aliphatic rings. The van der Waals surface area contributed by atoms with Gasteiger partial charge in [-0.25, -0.2) is 0 Å². The minimum absolute atomic E-state index is 0.0932. The fourth-order valence-corrected chi connectivity index (χ4v) is 2.46. The van der Waals surface area contributed by atoms with E-state index in [2.05, 4.69) is 10.6 Å². The molecule has 1 aliphatic heterocycles. The molecule has 0 aromatic heterocycles. The second-order valence-corrected chi connectivity index (χ2v) is 5.37. The summed E-state index contributed by atoms with van der Waals surface area (Å²) in [5, 5.41) is 5.16. The highest BCUT2D eigenvalue weighted by molar-refractivity contribution is 6.00. The van der Waals surface area contributed by atoms with Gasteiger partial charge >= 0.3 is 0 Å². The predicted octanol–water partition coefficient (Wildman–Crippen LogP) is 0.467. The van der Waals surface area contributed by atoms with Crippen LogP contribution in [-0.4, -0.2) is 45.0 Å². The molecule has 0 spiro atoms. The van der Waals surface area contributed by atoms with E-state index in [-0.39, 0.29) is 30.7 Å². The second-order valence-electron chi connectivity index (χ2n) is 5.37. The van der Waals surface area contributed by atoms with E-state index in [0.29, 0.717) is 18.0 Å². The van der Waals surface area contributed by atoms with Gasteiger partial charge in [0.15, 0.2) is 0 Å². The number of nitrogens with zero attached hydrogens (tertiary/aromatic N) is 1. The van der Waals surface area contributed by atoms with Gasteiger partial charge in [0.05, 0.1) is 13.0 Å². The number of hydrogen-bond acceptors (Lipinski definition) is 4. The van der Waals surface area contributed by atoms with Gasteiger partial charge in [-0.2, -0.15) is 0 Å². The summed E-state index contributed by atoms with van der Waals surface area (Å²) in [5.74, 6) is -0.270. The van der Waals surface area contributed by atoms with Gasteiger partial charge in [-0.3, -0.25) is 14.4 Å². The summed E-state index contributed by atoms with van der Waals surface area (Å²) in [7, 11) is 3.09. The lowest BCUT2D eigenvalue weighted by atomic mass is 10.1. The molecule has 7 nitrogen and oxygen atoms in total. The molecular formula is C17H21N3O4. The first-order valence-corrected chi connectivity index (χ1v) is 7.65. The Kier molecular flexibility index (Phi) is 5.95. The number of methoxy groups -OCH3 is 1. The highest BCUT2D eigenvalue weighted by Crippen LogP contribution is 2.27. The van der Waals surface area contributed by atoms with E-state index in [4.69, 9.17) is 4.74 Å². The molecule has 1 aromatic rings. The van der Waals surface area contributed by atoms with Gasteiger partial charge in [0.2, 0.25) is 17.7 Å². The van der Waals surface area contributed by atoms with Crippen LogP contribution in [0.25, 0.3) is 0 Å². The molecule has 2 N–H and O–H groups in total. The Morgan fingerprint density at radius 1 is 1.42 bits per heavy atom. The third kappa shape index (κ3) is 4.34. The Morgan fingerprint density at radius 3 is 2.92 bits per heavy atom. The van der Waals surface area contributed by atoms with Crippen molar-refractivity contribution in [3.8, 4) is 5.75 Å². The van der Waals surface area contributed by atoms with Crippen molar-refractivity contribution in [3.63, 3.8) is 0 Å².